The van der Waals surface area contributed by atoms with Crippen molar-refractivity contribution >= 4 is 35.6 Å². The number of halogens is 3. The van der Waals surface area contributed by atoms with Gasteiger partial charge in [-0.25, -0.2) is 18.8 Å². The molecule has 0 amide bonds. The number of hydrogen-bond donors (Lipinski definition) is 2. The molecule has 0 radical (unpaired) electrons. The molecule has 0 aliphatic heterocycles. The number of hydrogen-bond acceptors (Lipinski definition) is 4. The van der Waals surface area contributed by atoms with Crippen molar-refractivity contribution in [1.29, 1.82) is 0 Å². The van der Waals surface area contributed by atoms with Crippen molar-refractivity contribution in [2.24, 2.45) is 10.7 Å². The number of para-hydroxylation sites is 2. The number of ether oxygens (including phenoxy) is 2. The van der Waals surface area contributed by atoms with Crippen LogP contribution in [0.15, 0.2) is 47.6 Å². The summed E-state index contributed by atoms with van der Waals surface area (Å²) in [6.45, 7) is -0.580. The molecule has 0 aliphatic rings. The first-order valence-corrected chi connectivity index (χ1v) is 7.15. The first kappa shape index (κ1) is 20.9. The molecule has 1 heterocycles. The molecular formula is C16H19F2IN4O2. The first-order valence-electron chi connectivity index (χ1n) is 7.15. The molecule has 0 bridgehead atoms. The molecule has 0 spiro atoms. The summed E-state index contributed by atoms with van der Waals surface area (Å²) >= 11 is 0. The lowest BCUT2D eigenvalue weighted by Gasteiger charge is -2.11. The van der Waals surface area contributed by atoms with Crippen LogP contribution in [0.4, 0.5) is 14.5 Å². The zero-order chi connectivity index (χ0) is 17.4. The highest BCUT2D eigenvalue weighted by Gasteiger charge is 2.09. The van der Waals surface area contributed by atoms with Crippen molar-refractivity contribution in [1.82, 2.24) is 4.98 Å². The maximum Gasteiger partial charge on any atom is 0.272 e. The highest BCUT2D eigenvalue weighted by Crippen LogP contribution is 2.22. The minimum Gasteiger partial charge on any atom is -0.495 e. The third-order valence-corrected chi connectivity index (χ3v) is 2.99. The minimum absolute atomic E-state index is 0. The fraction of sp³-hybridized carbons (Fsp3) is 0.250. The minimum atomic E-state index is -2.57. The number of alkyl halides is 2. The summed E-state index contributed by atoms with van der Waals surface area (Å²) in [6.07, 6.45) is -1.11. The summed E-state index contributed by atoms with van der Waals surface area (Å²) in [5, 5.41) is 2.92. The van der Waals surface area contributed by atoms with Gasteiger partial charge in [-0.2, -0.15) is 0 Å². The molecule has 9 heteroatoms. The number of guanidine groups is 1. The number of benzene rings is 1. The van der Waals surface area contributed by atoms with Gasteiger partial charge >= 0.3 is 0 Å². The van der Waals surface area contributed by atoms with Crippen molar-refractivity contribution in [2.75, 3.05) is 19.0 Å². The first-order chi connectivity index (χ1) is 11.6. The topological polar surface area (TPSA) is 81.8 Å². The number of nitrogens with one attached hydrogen (secondary N) is 1. The van der Waals surface area contributed by atoms with Crippen LogP contribution in [-0.2, 0) is 6.54 Å². The van der Waals surface area contributed by atoms with Crippen molar-refractivity contribution in [3.63, 3.8) is 0 Å². The van der Waals surface area contributed by atoms with Crippen LogP contribution in [0.3, 0.4) is 0 Å². The summed E-state index contributed by atoms with van der Waals surface area (Å²) in [6, 6.07) is 10.6. The largest absolute Gasteiger partial charge is 0.495 e. The Balaban J connectivity index is 0.00000312. The monoisotopic (exact) mass is 464 g/mol. The SMILES string of the molecule is COc1ccccc1NC(N)=NCc1cccnc1OCC(F)F.I. The molecule has 1 aromatic carbocycles. The highest BCUT2D eigenvalue weighted by molar-refractivity contribution is 14.0. The number of aromatic nitrogens is 1. The Morgan fingerprint density at radius 3 is 2.76 bits per heavy atom. The molecule has 25 heavy (non-hydrogen) atoms. The second kappa shape index (κ2) is 10.6. The van der Waals surface area contributed by atoms with E-state index in [0.29, 0.717) is 17.0 Å². The quantitative estimate of drug-likeness (QED) is 0.374. The normalized spacial score (nSPS) is 11.0. The predicted molar refractivity (Wildman–Crippen MR) is 103 cm³/mol. The Labute approximate surface area is 161 Å². The van der Waals surface area contributed by atoms with Crippen LogP contribution in [0, 0.1) is 0 Å². The smallest absolute Gasteiger partial charge is 0.272 e. The predicted octanol–water partition coefficient (Wildman–Crippen LogP) is 3.28. The molecule has 0 atom stereocenters. The zero-order valence-electron chi connectivity index (χ0n) is 13.5. The van der Waals surface area contributed by atoms with Gasteiger partial charge in [-0.15, -0.1) is 24.0 Å². The van der Waals surface area contributed by atoms with Crippen LogP contribution in [-0.4, -0.2) is 31.1 Å². The molecule has 0 saturated heterocycles. The Morgan fingerprint density at radius 1 is 1.28 bits per heavy atom. The van der Waals surface area contributed by atoms with Crippen molar-refractivity contribution in [3.05, 3.63) is 48.2 Å². The lowest BCUT2D eigenvalue weighted by molar-refractivity contribution is 0.0791. The van der Waals surface area contributed by atoms with Crippen LogP contribution in [0.2, 0.25) is 0 Å². The summed E-state index contributed by atoms with van der Waals surface area (Å²) in [5.74, 6) is 0.896. The van der Waals surface area contributed by atoms with Gasteiger partial charge in [-0.3, -0.25) is 0 Å². The van der Waals surface area contributed by atoms with Gasteiger partial charge in [0.1, 0.15) is 5.75 Å². The van der Waals surface area contributed by atoms with Crippen molar-refractivity contribution in [2.45, 2.75) is 13.0 Å². The third kappa shape index (κ3) is 6.69. The molecular weight excluding hydrogens is 445 g/mol. The third-order valence-electron chi connectivity index (χ3n) is 2.99. The van der Waals surface area contributed by atoms with Gasteiger partial charge in [0.25, 0.3) is 6.43 Å². The second-order valence-electron chi connectivity index (χ2n) is 4.70. The van der Waals surface area contributed by atoms with E-state index >= 15 is 0 Å². The maximum absolute atomic E-state index is 12.3. The summed E-state index contributed by atoms with van der Waals surface area (Å²) in [7, 11) is 1.55. The van der Waals surface area contributed by atoms with E-state index in [0.717, 1.165) is 0 Å². The van der Waals surface area contributed by atoms with Crippen LogP contribution >= 0.6 is 24.0 Å². The molecule has 0 aliphatic carbocycles. The summed E-state index contributed by atoms with van der Waals surface area (Å²) in [5.41, 5.74) is 7.08. The molecule has 0 saturated carbocycles. The average molecular weight is 464 g/mol. The second-order valence-corrected chi connectivity index (χ2v) is 4.70. The van der Waals surface area contributed by atoms with Gasteiger partial charge in [-0.05, 0) is 18.2 Å². The number of nitrogens with two attached hydrogens (primary N) is 1. The molecule has 2 aromatic rings. The molecule has 3 N–H and O–H groups in total. The molecule has 0 unspecified atom stereocenters. The zero-order valence-corrected chi connectivity index (χ0v) is 15.8. The number of rotatable bonds is 7. The summed E-state index contributed by atoms with van der Waals surface area (Å²) in [4.78, 5) is 8.11. The summed E-state index contributed by atoms with van der Waals surface area (Å²) < 4.78 is 34.7. The van der Waals surface area contributed by atoms with E-state index in [9.17, 15) is 8.78 Å². The van der Waals surface area contributed by atoms with Crippen LogP contribution in [0.1, 0.15) is 5.56 Å². The number of anilines is 1. The van der Waals surface area contributed by atoms with E-state index in [-0.39, 0.29) is 42.4 Å². The molecule has 6 nitrogen and oxygen atoms in total. The van der Waals surface area contributed by atoms with E-state index in [4.69, 9.17) is 15.2 Å². The lowest BCUT2D eigenvalue weighted by atomic mass is 10.3. The van der Waals surface area contributed by atoms with Crippen LogP contribution in [0.25, 0.3) is 0 Å². The van der Waals surface area contributed by atoms with E-state index in [1.807, 2.05) is 12.1 Å². The highest BCUT2D eigenvalue weighted by atomic mass is 127. The Bertz CT molecular complexity index is 701. The van der Waals surface area contributed by atoms with Gasteiger partial charge in [-0.1, -0.05) is 18.2 Å². The molecule has 1 aromatic heterocycles. The van der Waals surface area contributed by atoms with E-state index < -0.39 is 13.0 Å². The van der Waals surface area contributed by atoms with Crippen LogP contribution in [0.5, 0.6) is 11.6 Å². The lowest BCUT2D eigenvalue weighted by Crippen LogP contribution is -2.23. The maximum atomic E-state index is 12.3. The molecule has 136 valence electrons. The van der Waals surface area contributed by atoms with Gasteiger partial charge in [0.05, 0.1) is 19.3 Å². The number of nitrogens with zero attached hydrogens (tertiary/aromatic N) is 2. The average Bonchev–Trinajstić information content (AvgIpc) is 2.59. The molecule has 0 fully saturated rings. The van der Waals surface area contributed by atoms with Crippen molar-refractivity contribution in [3.8, 4) is 11.6 Å². The van der Waals surface area contributed by atoms with Gasteiger partial charge in [0.2, 0.25) is 5.88 Å². The Hall–Kier alpha value is -2.17. The standard InChI is InChI=1S/C16H18F2N4O2.HI/c1-23-13-7-3-2-6-12(13)22-16(19)21-9-11-5-4-8-20-15(11)24-10-14(17)18;/h2-8,14H,9-10H2,1H3,(H3,19,21,22);1H. The van der Waals surface area contributed by atoms with Crippen molar-refractivity contribution < 1.29 is 18.3 Å². The van der Waals surface area contributed by atoms with Crippen LogP contribution < -0.4 is 20.5 Å². The van der Waals surface area contributed by atoms with Gasteiger partial charge < -0.3 is 20.5 Å². The van der Waals surface area contributed by atoms with E-state index in [1.54, 1.807) is 31.4 Å². The van der Waals surface area contributed by atoms with E-state index in [2.05, 4.69) is 15.3 Å². The Morgan fingerprint density at radius 2 is 2.04 bits per heavy atom. The fourth-order valence-electron chi connectivity index (χ4n) is 1.91. The van der Waals surface area contributed by atoms with Gasteiger partial charge in [0.15, 0.2) is 12.6 Å². The number of pyridine rings is 1. The number of aliphatic imine (C=N–C) groups is 1. The van der Waals surface area contributed by atoms with E-state index in [1.165, 1.54) is 6.20 Å². The Kier molecular flexibility index (Phi) is 8.89. The molecule has 2 rings (SSSR count). The number of methoxy groups -OCH3 is 1. The van der Waals surface area contributed by atoms with Gasteiger partial charge in [0, 0.05) is 11.8 Å². The fourth-order valence-corrected chi connectivity index (χ4v) is 1.91.